The number of rotatable bonds is 6. The number of nitrogens with zero attached hydrogens (tertiary/aromatic N) is 4. The maximum Gasteiger partial charge on any atom is 0.232 e. The van der Waals surface area contributed by atoms with Crippen molar-refractivity contribution in [2.45, 2.75) is 25.4 Å². The number of nitriles is 1. The molecule has 1 aliphatic rings. The molecule has 9 heteroatoms. The molecular weight excluding hydrogens is 370 g/mol. The number of anilines is 1. The van der Waals surface area contributed by atoms with E-state index in [0.717, 1.165) is 21.6 Å². The van der Waals surface area contributed by atoms with Gasteiger partial charge in [-0.05, 0) is 30.7 Å². The van der Waals surface area contributed by atoms with Gasteiger partial charge >= 0.3 is 0 Å². The number of piperidine rings is 1. The average Bonchev–Trinajstić information content (AvgIpc) is 3.03. The molecule has 0 bridgehead atoms. The monoisotopic (exact) mass is 391 g/mol. The minimum atomic E-state index is -0.863. The number of aliphatic hydroxyl groups is 1. The van der Waals surface area contributed by atoms with E-state index >= 15 is 0 Å². The number of likely N-dealkylation sites (tertiary alicyclic amines) is 1. The lowest BCUT2D eigenvalue weighted by atomic mass is 9.91. The molecule has 0 saturated carbocycles. The van der Waals surface area contributed by atoms with E-state index in [9.17, 15) is 9.90 Å². The summed E-state index contributed by atoms with van der Waals surface area (Å²) in [5, 5.41) is 25.7. The van der Waals surface area contributed by atoms with E-state index in [1.165, 1.54) is 18.1 Å². The van der Waals surface area contributed by atoms with Crippen molar-refractivity contribution in [3.8, 4) is 6.07 Å². The summed E-state index contributed by atoms with van der Waals surface area (Å²) in [6.45, 7) is 3.47. The zero-order valence-electron chi connectivity index (χ0n) is 14.6. The van der Waals surface area contributed by atoms with E-state index < -0.39 is 5.60 Å². The Bertz CT molecular complexity index is 824. The molecule has 1 amide bonds. The summed E-state index contributed by atoms with van der Waals surface area (Å²) in [5.41, 5.74) is 0.257. The van der Waals surface area contributed by atoms with Crippen molar-refractivity contribution in [3.05, 3.63) is 17.3 Å². The van der Waals surface area contributed by atoms with Crippen molar-refractivity contribution in [1.82, 2.24) is 14.9 Å². The zero-order chi connectivity index (χ0) is 18.6. The second-order valence-electron chi connectivity index (χ2n) is 6.43. The zero-order valence-corrected chi connectivity index (χ0v) is 16.2. The number of hydrogen-bond acceptors (Lipinski definition) is 8. The first-order valence-corrected chi connectivity index (χ1v) is 10.4. The van der Waals surface area contributed by atoms with E-state index in [0.29, 0.717) is 44.0 Å². The fourth-order valence-electron chi connectivity index (χ4n) is 3.02. The van der Waals surface area contributed by atoms with Crippen LogP contribution in [0.4, 0.5) is 5.82 Å². The molecule has 26 heavy (non-hydrogen) atoms. The van der Waals surface area contributed by atoms with Gasteiger partial charge < -0.3 is 15.3 Å². The summed E-state index contributed by atoms with van der Waals surface area (Å²) in [5.74, 6) is 1.42. The quantitative estimate of drug-likeness (QED) is 0.726. The third kappa shape index (κ3) is 4.26. The SMILES string of the molecule is Cc1csc2ncnc(NCC3(O)CCN(C(=O)CSCC#N)CC3)c12. The third-order valence-electron chi connectivity index (χ3n) is 4.58. The molecule has 3 heterocycles. The van der Waals surface area contributed by atoms with E-state index in [1.807, 2.05) is 18.4 Å². The largest absolute Gasteiger partial charge is 0.388 e. The summed E-state index contributed by atoms with van der Waals surface area (Å²) >= 11 is 2.91. The smallest absolute Gasteiger partial charge is 0.232 e. The van der Waals surface area contributed by atoms with Gasteiger partial charge in [-0.3, -0.25) is 4.79 Å². The number of fused-ring (bicyclic) bond motifs is 1. The molecule has 0 aromatic carbocycles. The lowest BCUT2D eigenvalue weighted by molar-refractivity contribution is -0.132. The minimum Gasteiger partial charge on any atom is -0.388 e. The van der Waals surface area contributed by atoms with Gasteiger partial charge in [0.2, 0.25) is 5.91 Å². The molecule has 2 aromatic heterocycles. The van der Waals surface area contributed by atoms with E-state index in [2.05, 4.69) is 15.3 Å². The van der Waals surface area contributed by atoms with E-state index in [-0.39, 0.29) is 5.91 Å². The number of aryl methyl sites for hydroxylation is 1. The van der Waals surface area contributed by atoms with Crippen LogP contribution in [0.5, 0.6) is 0 Å². The van der Waals surface area contributed by atoms with Crippen molar-refractivity contribution < 1.29 is 9.90 Å². The molecule has 0 spiro atoms. The molecule has 1 aliphatic heterocycles. The summed E-state index contributed by atoms with van der Waals surface area (Å²) in [6, 6.07) is 2.02. The van der Waals surface area contributed by atoms with Crippen LogP contribution in [0.15, 0.2) is 11.7 Å². The topological polar surface area (TPSA) is 102 Å². The van der Waals surface area contributed by atoms with Crippen LogP contribution in [-0.2, 0) is 4.79 Å². The predicted octanol–water partition coefficient (Wildman–Crippen LogP) is 2.02. The highest BCUT2D eigenvalue weighted by Crippen LogP contribution is 2.30. The molecule has 138 valence electrons. The molecule has 3 rings (SSSR count). The Morgan fingerprint density at radius 3 is 3.00 bits per heavy atom. The van der Waals surface area contributed by atoms with Gasteiger partial charge in [-0.15, -0.1) is 23.1 Å². The van der Waals surface area contributed by atoms with Gasteiger partial charge in [0.05, 0.1) is 28.6 Å². The van der Waals surface area contributed by atoms with E-state index in [4.69, 9.17) is 5.26 Å². The number of carbonyl (C=O) groups is 1. The van der Waals surface area contributed by atoms with Crippen molar-refractivity contribution in [2.24, 2.45) is 0 Å². The Kier molecular flexibility index (Phi) is 5.96. The molecule has 0 aliphatic carbocycles. The Hall–Kier alpha value is -1.89. The molecular formula is C17H21N5O2S2. The number of hydrogen-bond donors (Lipinski definition) is 2. The van der Waals surface area contributed by atoms with Gasteiger partial charge in [-0.1, -0.05) is 0 Å². The molecule has 1 fully saturated rings. The lowest BCUT2D eigenvalue weighted by Gasteiger charge is -2.38. The molecule has 2 N–H and O–H groups in total. The van der Waals surface area contributed by atoms with Gasteiger partial charge in [-0.25, -0.2) is 9.97 Å². The summed E-state index contributed by atoms with van der Waals surface area (Å²) < 4.78 is 0. The standard InChI is InChI=1S/C17H21N5O2S2/c1-12-8-26-16-14(12)15(20-11-21-16)19-10-17(24)2-5-22(6-3-17)13(23)9-25-7-4-18/h8,11,24H,2-3,5-7,9-10H2,1H3,(H,19,20,21). The maximum absolute atomic E-state index is 12.1. The van der Waals surface area contributed by atoms with Gasteiger partial charge in [0.15, 0.2) is 0 Å². The van der Waals surface area contributed by atoms with Crippen LogP contribution in [0.3, 0.4) is 0 Å². The average molecular weight is 392 g/mol. The van der Waals surface area contributed by atoms with Crippen molar-refractivity contribution in [1.29, 1.82) is 5.26 Å². The molecule has 1 saturated heterocycles. The third-order valence-corrected chi connectivity index (χ3v) is 6.37. The Morgan fingerprint density at radius 1 is 1.50 bits per heavy atom. The van der Waals surface area contributed by atoms with Crippen LogP contribution in [-0.4, -0.2) is 62.6 Å². The summed E-state index contributed by atoms with van der Waals surface area (Å²) in [4.78, 5) is 23.4. The first-order chi connectivity index (χ1) is 12.5. The van der Waals surface area contributed by atoms with Crippen LogP contribution in [0.2, 0.25) is 0 Å². The van der Waals surface area contributed by atoms with Crippen LogP contribution in [0, 0.1) is 18.3 Å². The van der Waals surface area contributed by atoms with Crippen LogP contribution in [0.1, 0.15) is 18.4 Å². The number of aromatic nitrogens is 2. The number of nitrogens with one attached hydrogen (secondary N) is 1. The Balaban J connectivity index is 1.55. The molecule has 0 atom stereocenters. The van der Waals surface area contributed by atoms with Gasteiger partial charge in [0, 0.05) is 19.6 Å². The summed E-state index contributed by atoms with van der Waals surface area (Å²) in [7, 11) is 0. The van der Waals surface area contributed by atoms with Crippen LogP contribution in [0.25, 0.3) is 10.2 Å². The highest BCUT2D eigenvalue weighted by molar-refractivity contribution is 8.00. The van der Waals surface area contributed by atoms with Crippen molar-refractivity contribution >= 4 is 45.0 Å². The number of thiophene rings is 1. The highest BCUT2D eigenvalue weighted by Gasteiger charge is 2.33. The number of amides is 1. The Labute approximate surface area is 160 Å². The fourth-order valence-corrected chi connectivity index (χ4v) is 4.46. The normalized spacial score (nSPS) is 16.4. The van der Waals surface area contributed by atoms with Crippen LogP contribution < -0.4 is 5.32 Å². The van der Waals surface area contributed by atoms with Crippen LogP contribution >= 0.6 is 23.1 Å². The van der Waals surface area contributed by atoms with Crippen molar-refractivity contribution in [3.63, 3.8) is 0 Å². The fraction of sp³-hybridized carbons (Fsp3) is 0.529. The van der Waals surface area contributed by atoms with E-state index in [1.54, 1.807) is 16.2 Å². The summed E-state index contributed by atoms with van der Waals surface area (Å²) in [6.07, 6.45) is 2.57. The molecule has 7 nitrogen and oxygen atoms in total. The number of thioether (sulfide) groups is 1. The molecule has 0 radical (unpaired) electrons. The second-order valence-corrected chi connectivity index (χ2v) is 8.27. The Morgan fingerprint density at radius 2 is 2.27 bits per heavy atom. The number of carbonyl (C=O) groups excluding carboxylic acids is 1. The van der Waals surface area contributed by atoms with Crippen molar-refractivity contribution in [2.75, 3.05) is 36.5 Å². The second kappa shape index (κ2) is 8.20. The van der Waals surface area contributed by atoms with Gasteiger partial charge in [0.1, 0.15) is 17.0 Å². The highest BCUT2D eigenvalue weighted by atomic mass is 32.2. The van der Waals surface area contributed by atoms with Gasteiger partial charge in [-0.2, -0.15) is 5.26 Å². The lowest BCUT2D eigenvalue weighted by Crippen LogP contribution is -2.50. The minimum absolute atomic E-state index is 0.0340. The first kappa shape index (κ1) is 18.9. The first-order valence-electron chi connectivity index (χ1n) is 8.40. The van der Waals surface area contributed by atoms with Gasteiger partial charge in [0.25, 0.3) is 0 Å². The molecule has 0 unspecified atom stereocenters. The maximum atomic E-state index is 12.1. The molecule has 2 aromatic rings. The predicted molar refractivity (Wildman–Crippen MR) is 104 cm³/mol.